The van der Waals surface area contributed by atoms with Crippen molar-refractivity contribution >= 4 is 17.1 Å². The van der Waals surface area contributed by atoms with Crippen LogP contribution < -0.4 is 0 Å². The Morgan fingerprint density at radius 2 is 1.93 bits per heavy atom. The quantitative estimate of drug-likeness (QED) is 0.204. The van der Waals surface area contributed by atoms with E-state index in [1.54, 1.807) is 19.3 Å². The molecule has 0 radical (unpaired) electrons. The van der Waals surface area contributed by atoms with Crippen molar-refractivity contribution in [3.05, 3.63) is 102 Å². The smallest absolute Gasteiger partial charge is 0.336 e. The number of hydrogen-bond donors (Lipinski definition) is 0. The van der Waals surface area contributed by atoms with E-state index in [0.29, 0.717) is 5.76 Å². The standard InChI is InChI=1S/C24H24O3/c1-5-19(11-10-18(3)26-4)21-12-14-22(15-13-21)20-8-7-9-23(17-16-20)27-24(25)6-2/h6-8,10-17H,2,5H2,1,3-4H3/b18-10+,19-11+. The average molecular weight is 360 g/mol. The molecule has 0 heterocycles. The molecule has 2 rings (SSSR count). The lowest BCUT2D eigenvalue weighted by atomic mass is 9.98. The van der Waals surface area contributed by atoms with Gasteiger partial charge < -0.3 is 9.47 Å². The van der Waals surface area contributed by atoms with Crippen molar-refractivity contribution in [2.24, 2.45) is 0 Å². The Labute approximate surface area is 161 Å². The van der Waals surface area contributed by atoms with Crippen LogP contribution >= 0.6 is 0 Å². The third-order valence-corrected chi connectivity index (χ3v) is 4.09. The molecule has 0 spiro atoms. The fraction of sp³-hybridized carbons (Fsp3) is 0.167. The van der Waals surface area contributed by atoms with E-state index in [1.165, 1.54) is 11.1 Å². The number of esters is 1. The van der Waals surface area contributed by atoms with E-state index in [0.717, 1.165) is 29.4 Å². The lowest BCUT2D eigenvalue weighted by Gasteiger charge is -2.07. The summed E-state index contributed by atoms with van der Waals surface area (Å²) >= 11 is 0. The SMILES string of the molecule is C=CC(=O)OC1=C=CC=C(c2ccc(/C(=C/C=C(\C)OC)CC)cc2)C=C1. The number of rotatable bonds is 7. The van der Waals surface area contributed by atoms with Crippen LogP contribution in [0.2, 0.25) is 0 Å². The minimum absolute atomic E-state index is 0.360. The first-order valence-corrected chi connectivity index (χ1v) is 8.79. The predicted octanol–water partition coefficient (Wildman–Crippen LogP) is 5.75. The van der Waals surface area contributed by atoms with Gasteiger partial charge in [-0.25, -0.2) is 4.79 Å². The molecule has 0 unspecified atom stereocenters. The van der Waals surface area contributed by atoms with Gasteiger partial charge in [-0.05, 0) is 66.0 Å². The molecule has 0 aromatic heterocycles. The normalized spacial score (nSPS) is 14.2. The number of benzene rings is 1. The van der Waals surface area contributed by atoms with Crippen LogP contribution in [0.4, 0.5) is 0 Å². The monoisotopic (exact) mass is 360 g/mol. The van der Waals surface area contributed by atoms with Crippen LogP contribution in [0, 0.1) is 0 Å². The maximum Gasteiger partial charge on any atom is 0.336 e. The molecule has 0 amide bonds. The van der Waals surface area contributed by atoms with Gasteiger partial charge in [0.05, 0.1) is 12.9 Å². The highest BCUT2D eigenvalue weighted by molar-refractivity contribution is 5.83. The van der Waals surface area contributed by atoms with Crippen molar-refractivity contribution in [1.82, 2.24) is 0 Å². The predicted molar refractivity (Wildman–Crippen MR) is 110 cm³/mol. The van der Waals surface area contributed by atoms with Crippen LogP contribution in [0.25, 0.3) is 11.1 Å². The lowest BCUT2D eigenvalue weighted by Crippen LogP contribution is -1.97. The van der Waals surface area contributed by atoms with Crippen LogP contribution in [-0.2, 0) is 14.3 Å². The second-order valence-electron chi connectivity index (χ2n) is 5.86. The summed E-state index contributed by atoms with van der Waals surface area (Å²) in [7, 11) is 1.67. The average Bonchev–Trinajstić information content (AvgIpc) is 2.94. The molecule has 1 aromatic rings. The molecule has 0 N–H and O–H groups in total. The molecule has 0 bridgehead atoms. The largest absolute Gasteiger partial charge is 0.501 e. The van der Waals surface area contributed by atoms with E-state index in [-0.39, 0.29) is 0 Å². The summed E-state index contributed by atoms with van der Waals surface area (Å²) in [5, 5.41) is 0. The van der Waals surface area contributed by atoms with Gasteiger partial charge in [-0.15, -0.1) is 0 Å². The summed E-state index contributed by atoms with van der Waals surface area (Å²) in [5.41, 5.74) is 7.43. The summed E-state index contributed by atoms with van der Waals surface area (Å²) in [6.07, 6.45) is 13.4. The number of methoxy groups -OCH3 is 1. The highest BCUT2D eigenvalue weighted by atomic mass is 16.5. The fourth-order valence-electron chi connectivity index (χ4n) is 2.47. The van der Waals surface area contributed by atoms with Gasteiger partial charge >= 0.3 is 5.97 Å². The van der Waals surface area contributed by atoms with Crippen molar-refractivity contribution < 1.29 is 14.3 Å². The molecular formula is C24H24O3. The van der Waals surface area contributed by atoms with Crippen molar-refractivity contribution in [2.75, 3.05) is 7.11 Å². The Kier molecular flexibility index (Phi) is 7.42. The Morgan fingerprint density at radius 3 is 2.56 bits per heavy atom. The number of hydrogen-bond acceptors (Lipinski definition) is 3. The number of carbonyl (C=O) groups excluding carboxylic acids is 1. The number of allylic oxidation sites excluding steroid dienone is 8. The van der Waals surface area contributed by atoms with E-state index in [1.807, 2.05) is 25.2 Å². The molecule has 0 saturated heterocycles. The van der Waals surface area contributed by atoms with E-state index in [4.69, 9.17) is 9.47 Å². The molecule has 0 saturated carbocycles. The topological polar surface area (TPSA) is 35.5 Å². The van der Waals surface area contributed by atoms with Crippen LogP contribution in [0.1, 0.15) is 31.4 Å². The van der Waals surface area contributed by atoms with E-state index in [2.05, 4.69) is 49.6 Å². The van der Waals surface area contributed by atoms with Crippen molar-refractivity contribution in [3.63, 3.8) is 0 Å². The summed E-state index contributed by atoms with van der Waals surface area (Å²) < 4.78 is 10.3. The number of carbonyl (C=O) groups is 1. The zero-order valence-electron chi connectivity index (χ0n) is 16.0. The van der Waals surface area contributed by atoms with Gasteiger partial charge in [-0.3, -0.25) is 0 Å². The van der Waals surface area contributed by atoms with Crippen molar-refractivity contribution in [2.45, 2.75) is 20.3 Å². The molecular weight excluding hydrogens is 336 g/mol. The maximum atomic E-state index is 11.3. The first-order valence-electron chi connectivity index (χ1n) is 8.79. The van der Waals surface area contributed by atoms with Crippen molar-refractivity contribution in [3.8, 4) is 0 Å². The summed E-state index contributed by atoms with van der Waals surface area (Å²) in [6.45, 7) is 7.46. The van der Waals surface area contributed by atoms with E-state index >= 15 is 0 Å². The molecule has 27 heavy (non-hydrogen) atoms. The van der Waals surface area contributed by atoms with Crippen LogP contribution in [-0.4, -0.2) is 13.1 Å². The minimum Gasteiger partial charge on any atom is -0.501 e. The lowest BCUT2D eigenvalue weighted by molar-refractivity contribution is -0.133. The van der Waals surface area contributed by atoms with Gasteiger partial charge in [0.1, 0.15) is 0 Å². The first kappa shape index (κ1) is 20.0. The van der Waals surface area contributed by atoms with E-state index in [9.17, 15) is 4.79 Å². The fourth-order valence-corrected chi connectivity index (χ4v) is 2.47. The highest BCUT2D eigenvalue weighted by Crippen LogP contribution is 2.24. The van der Waals surface area contributed by atoms with Gasteiger partial charge in [0, 0.05) is 6.08 Å². The van der Waals surface area contributed by atoms with Crippen LogP contribution in [0.3, 0.4) is 0 Å². The summed E-state index contributed by atoms with van der Waals surface area (Å²) in [4.78, 5) is 11.3. The second kappa shape index (κ2) is 10.0. The Morgan fingerprint density at radius 1 is 1.19 bits per heavy atom. The van der Waals surface area contributed by atoms with Gasteiger partial charge in [0.2, 0.25) is 0 Å². The molecule has 0 atom stereocenters. The molecule has 0 aliphatic heterocycles. The molecule has 3 heteroatoms. The number of ether oxygens (including phenoxy) is 2. The molecule has 138 valence electrons. The van der Waals surface area contributed by atoms with Gasteiger partial charge in [0.15, 0.2) is 5.76 Å². The van der Waals surface area contributed by atoms with Gasteiger partial charge in [-0.2, -0.15) is 0 Å². The van der Waals surface area contributed by atoms with Crippen LogP contribution in [0.15, 0.2) is 90.6 Å². The van der Waals surface area contributed by atoms with Gasteiger partial charge in [-0.1, -0.05) is 49.6 Å². The zero-order chi connectivity index (χ0) is 19.6. The Bertz CT molecular complexity index is 884. The van der Waals surface area contributed by atoms with Crippen molar-refractivity contribution in [1.29, 1.82) is 0 Å². The van der Waals surface area contributed by atoms with Gasteiger partial charge in [0.25, 0.3) is 0 Å². The minimum atomic E-state index is -0.500. The molecule has 3 nitrogen and oxygen atoms in total. The molecule has 1 aliphatic carbocycles. The van der Waals surface area contributed by atoms with E-state index < -0.39 is 5.97 Å². The summed E-state index contributed by atoms with van der Waals surface area (Å²) in [6, 6.07) is 8.37. The zero-order valence-corrected chi connectivity index (χ0v) is 16.0. The molecule has 1 aliphatic rings. The Balaban J connectivity index is 2.17. The van der Waals surface area contributed by atoms with Crippen LogP contribution in [0.5, 0.6) is 0 Å². The highest BCUT2D eigenvalue weighted by Gasteiger charge is 2.05. The second-order valence-corrected chi connectivity index (χ2v) is 5.86. The third-order valence-electron chi connectivity index (χ3n) is 4.09. The maximum absolute atomic E-state index is 11.3. The molecule has 0 fully saturated rings. The Hall–Kier alpha value is -3.29. The third kappa shape index (κ3) is 5.88. The molecule has 1 aromatic carbocycles. The summed E-state index contributed by atoms with van der Waals surface area (Å²) in [5.74, 6) is 0.734. The first-order chi connectivity index (χ1) is 13.1.